The van der Waals surface area contributed by atoms with Crippen LogP contribution in [0.1, 0.15) is 18.4 Å². The van der Waals surface area contributed by atoms with E-state index in [4.69, 9.17) is 4.74 Å². The molecule has 1 heterocycles. The van der Waals surface area contributed by atoms with Gasteiger partial charge in [-0.2, -0.15) is 0 Å². The quantitative estimate of drug-likeness (QED) is 0.848. The Bertz CT molecular complexity index is 721. The van der Waals surface area contributed by atoms with E-state index in [1.165, 1.54) is 0 Å². The van der Waals surface area contributed by atoms with Gasteiger partial charge in [-0.1, -0.05) is 54.6 Å². The first-order valence-corrected chi connectivity index (χ1v) is 8.42. The van der Waals surface area contributed by atoms with Gasteiger partial charge in [0.25, 0.3) is 0 Å². The second kappa shape index (κ2) is 7.94. The fraction of sp³-hybridized carbons (Fsp3) is 0.300. The summed E-state index contributed by atoms with van der Waals surface area (Å²) in [5, 5.41) is 12.0. The van der Waals surface area contributed by atoms with Gasteiger partial charge in [0.15, 0.2) is 0 Å². The van der Waals surface area contributed by atoms with Gasteiger partial charge in [-0.3, -0.25) is 4.79 Å². The highest BCUT2D eigenvalue weighted by molar-refractivity contribution is 5.86. The number of nitrogens with one attached hydrogen (secondary N) is 1. The molecule has 3 rings (SSSR count). The Morgan fingerprint density at radius 3 is 2.36 bits per heavy atom. The molecular formula is C20H21NO4. The summed E-state index contributed by atoms with van der Waals surface area (Å²) >= 11 is 0. The molecule has 2 aromatic rings. The molecule has 0 bridgehead atoms. The lowest BCUT2D eigenvalue weighted by Gasteiger charge is -2.17. The first-order chi connectivity index (χ1) is 12.1. The van der Waals surface area contributed by atoms with Gasteiger partial charge >= 0.3 is 5.97 Å². The fourth-order valence-corrected chi connectivity index (χ4v) is 2.95. The average molecular weight is 339 g/mol. The van der Waals surface area contributed by atoms with E-state index in [-0.39, 0.29) is 12.3 Å². The molecule has 2 aromatic carbocycles. The molecule has 1 aliphatic rings. The number of hydrogen-bond acceptors (Lipinski definition) is 3. The van der Waals surface area contributed by atoms with Gasteiger partial charge in [0.05, 0.1) is 0 Å². The smallest absolute Gasteiger partial charge is 0.326 e. The number of hydrogen-bond donors (Lipinski definition) is 2. The highest BCUT2D eigenvalue weighted by atomic mass is 16.5. The van der Waals surface area contributed by atoms with Crippen molar-refractivity contribution in [1.82, 2.24) is 5.32 Å². The van der Waals surface area contributed by atoms with Gasteiger partial charge in [0.2, 0.25) is 5.91 Å². The van der Waals surface area contributed by atoms with E-state index in [0.29, 0.717) is 13.0 Å². The van der Waals surface area contributed by atoms with Crippen molar-refractivity contribution in [2.45, 2.75) is 31.4 Å². The van der Waals surface area contributed by atoms with Crippen molar-refractivity contribution in [3.8, 4) is 11.1 Å². The summed E-state index contributed by atoms with van der Waals surface area (Å²) in [6, 6.07) is 16.7. The molecule has 0 unspecified atom stereocenters. The van der Waals surface area contributed by atoms with Crippen LogP contribution >= 0.6 is 0 Å². The SMILES string of the molecule is O=C(O)[C@H](Cc1ccc(-c2ccccc2)cc1)NC(=O)[C@H]1CCCO1. The maximum atomic E-state index is 12.1. The Morgan fingerprint density at radius 2 is 1.76 bits per heavy atom. The van der Waals surface area contributed by atoms with Gasteiger partial charge in [0, 0.05) is 13.0 Å². The molecule has 5 nitrogen and oxygen atoms in total. The van der Waals surface area contributed by atoms with Crippen molar-refractivity contribution in [2.24, 2.45) is 0 Å². The van der Waals surface area contributed by atoms with Crippen molar-refractivity contribution in [1.29, 1.82) is 0 Å². The van der Waals surface area contributed by atoms with Crippen molar-refractivity contribution >= 4 is 11.9 Å². The van der Waals surface area contributed by atoms with Gasteiger partial charge in [-0.15, -0.1) is 0 Å². The van der Waals surface area contributed by atoms with Crippen LogP contribution in [0, 0.1) is 0 Å². The topological polar surface area (TPSA) is 75.6 Å². The summed E-state index contributed by atoms with van der Waals surface area (Å²) in [6.45, 7) is 0.552. The fourth-order valence-electron chi connectivity index (χ4n) is 2.95. The molecule has 0 saturated carbocycles. The number of rotatable bonds is 6. The lowest BCUT2D eigenvalue weighted by Crippen LogP contribution is -2.46. The molecule has 0 aliphatic carbocycles. The van der Waals surface area contributed by atoms with Crippen LogP contribution in [0.15, 0.2) is 54.6 Å². The minimum absolute atomic E-state index is 0.239. The lowest BCUT2D eigenvalue weighted by atomic mass is 10.0. The standard InChI is InChI=1S/C20H21NO4/c22-19(18-7-4-12-25-18)21-17(20(23)24)13-14-8-10-16(11-9-14)15-5-2-1-3-6-15/h1-3,5-6,8-11,17-18H,4,7,12-13H2,(H,21,22)(H,23,24)/t17-,18+/m0/s1. The summed E-state index contributed by atoms with van der Waals surface area (Å²) in [4.78, 5) is 23.6. The molecule has 1 amide bonds. The van der Waals surface area contributed by atoms with E-state index in [0.717, 1.165) is 23.1 Å². The maximum absolute atomic E-state index is 12.1. The van der Waals surface area contributed by atoms with E-state index < -0.39 is 18.1 Å². The largest absolute Gasteiger partial charge is 0.480 e. The van der Waals surface area contributed by atoms with E-state index in [2.05, 4.69) is 5.32 Å². The minimum Gasteiger partial charge on any atom is -0.480 e. The predicted molar refractivity (Wildman–Crippen MR) is 94.1 cm³/mol. The average Bonchev–Trinajstić information content (AvgIpc) is 3.17. The van der Waals surface area contributed by atoms with E-state index in [9.17, 15) is 14.7 Å². The first kappa shape index (κ1) is 17.2. The zero-order chi connectivity index (χ0) is 17.6. The monoisotopic (exact) mass is 339 g/mol. The van der Waals surface area contributed by atoms with Gasteiger partial charge in [0.1, 0.15) is 12.1 Å². The predicted octanol–water partition coefficient (Wildman–Crippen LogP) is 2.64. The van der Waals surface area contributed by atoms with Crippen LogP contribution in [0.4, 0.5) is 0 Å². The Kier molecular flexibility index (Phi) is 5.46. The van der Waals surface area contributed by atoms with Gasteiger partial charge in [-0.05, 0) is 29.5 Å². The molecule has 2 N–H and O–H groups in total. The third kappa shape index (κ3) is 4.45. The van der Waals surface area contributed by atoms with Crippen molar-refractivity contribution < 1.29 is 19.4 Å². The zero-order valence-electron chi connectivity index (χ0n) is 13.9. The van der Waals surface area contributed by atoms with Crippen LogP contribution in [0.25, 0.3) is 11.1 Å². The Labute approximate surface area is 146 Å². The third-order valence-electron chi connectivity index (χ3n) is 4.34. The van der Waals surface area contributed by atoms with Gasteiger partial charge < -0.3 is 15.2 Å². The Morgan fingerprint density at radius 1 is 1.08 bits per heavy atom. The second-order valence-corrected chi connectivity index (χ2v) is 6.17. The number of carboxylic acids is 1. The molecule has 130 valence electrons. The summed E-state index contributed by atoms with van der Waals surface area (Å²) < 4.78 is 5.31. The van der Waals surface area contributed by atoms with Crippen LogP contribution in [0.5, 0.6) is 0 Å². The van der Waals surface area contributed by atoms with E-state index in [1.54, 1.807) is 0 Å². The second-order valence-electron chi connectivity index (χ2n) is 6.17. The Balaban J connectivity index is 1.65. The number of carbonyl (C=O) groups is 2. The number of carboxylic acid groups (broad SMARTS) is 1. The van der Waals surface area contributed by atoms with Crippen molar-refractivity contribution in [2.75, 3.05) is 6.61 Å². The molecule has 1 saturated heterocycles. The molecule has 0 aromatic heterocycles. The number of ether oxygens (including phenoxy) is 1. The van der Waals surface area contributed by atoms with Crippen LogP contribution in [-0.4, -0.2) is 35.7 Å². The van der Waals surface area contributed by atoms with Crippen molar-refractivity contribution in [3.05, 3.63) is 60.2 Å². The third-order valence-corrected chi connectivity index (χ3v) is 4.34. The van der Waals surface area contributed by atoms with E-state index in [1.807, 2.05) is 54.6 Å². The number of carbonyl (C=O) groups excluding carboxylic acids is 1. The number of benzene rings is 2. The van der Waals surface area contributed by atoms with Crippen LogP contribution in [-0.2, 0) is 20.7 Å². The molecule has 0 radical (unpaired) electrons. The molecule has 5 heteroatoms. The lowest BCUT2D eigenvalue weighted by molar-refractivity contribution is -0.143. The molecular weight excluding hydrogens is 318 g/mol. The van der Waals surface area contributed by atoms with Crippen molar-refractivity contribution in [3.63, 3.8) is 0 Å². The summed E-state index contributed by atoms with van der Waals surface area (Å²) in [6.07, 6.45) is 1.19. The number of aliphatic carboxylic acids is 1. The number of amides is 1. The summed E-state index contributed by atoms with van der Waals surface area (Å²) in [5.41, 5.74) is 3.04. The van der Waals surface area contributed by atoms with Gasteiger partial charge in [-0.25, -0.2) is 4.79 Å². The molecule has 0 spiro atoms. The highest BCUT2D eigenvalue weighted by Crippen LogP contribution is 2.20. The van der Waals surface area contributed by atoms with Crippen LogP contribution in [0.3, 0.4) is 0 Å². The minimum atomic E-state index is -1.04. The summed E-state index contributed by atoms with van der Waals surface area (Å²) in [7, 11) is 0. The Hall–Kier alpha value is -2.66. The maximum Gasteiger partial charge on any atom is 0.326 e. The normalized spacial score (nSPS) is 17.8. The first-order valence-electron chi connectivity index (χ1n) is 8.42. The highest BCUT2D eigenvalue weighted by Gasteiger charge is 2.28. The molecule has 1 aliphatic heterocycles. The zero-order valence-corrected chi connectivity index (χ0v) is 13.9. The molecule has 1 fully saturated rings. The molecule has 25 heavy (non-hydrogen) atoms. The van der Waals surface area contributed by atoms with Crippen LogP contribution in [0.2, 0.25) is 0 Å². The van der Waals surface area contributed by atoms with E-state index >= 15 is 0 Å². The van der Waals surface area contributed by atoms with Crippen LogP contribution < -0.4 is 5.32 Å². The summed E-state index contributed by atoms with van der Waals surface area (Å²) in [5.74, 6) is -1.38. The molecule has 2 atom stereocenters.